The van der Waals surface area contributed by atoms with Crippen molar-refractivity contribution < 1.29 is 4.79 Å². The molecule has 0 saturated heterocycles. The molecule has 0 bridgehead atoms. The lowest BCUT2D eigenvalue weighted by molar-refractivity contribution is 0.102. The first-order valence-electron chi connectivity index (χ1n) is 8.61. The maximum Gasteiger partial charge on any atom is 0.257 e. The van der Waals surface area contributed by atoms with Crippen LogP contribution in [-0.2, 0) is 5.41 Å². The van der Waals surface area contributed by atoms with Crippen LogP contribution in [-0.4, -0.2) is 15.9 Å². The number of nitrogens with one attached hydrogen (secondary N) is 1. The van der Waals surface area contributed by atoms with E-state index in [0.29, 0.717) is 10.7 Å². The lowest BCUT2D eigenvalue weighted by Crippen LogP contribution is -2.11. The van der Waals surface area contributed by atoms with Crippen molar-refractivity contribution in [1.82, 2.24) is 9.97 Å². The number of rotatable bonds is 3. The van der Waals surface area contributed by atoms with Crippen LogP contribution in [0.15, 0.2) is 53.4 Å². The SMILES string of the molecule is CC(C)(C)c1ccc(-c2csc(NC(=O)c3ccc4ncsc4c3)n2)cc1. The third-order valence-corrected chi connectivity index (χ3v) is 5.91. The fraction of sp³-hybridized carbons (Fsp3) is 0.190. The minimum absolute atomic E-state index is 0.124. The van der Waals surface area contributed by atoms with E-state index >= 15 is 0 Å². The number of hydrogen-bond acceptors (Lipinski definition) is 5. The number of anilines is 1. The molecule has 27 heavy (non-hydrogen) atoms. The summed E-state index contributed by atoms with van der Waals surface area (Å²) in [6.07, 6.45) is 0. The first-order chi connectivity index (χ1) is 12.9. The summed E-state index contributed by atoms with van der Waals surface area (Å²) in [6, 6.07) is 14.0. The lowest BCUT2D eigenvalue weighted by atomic mass is 9.86. The standard InChI is InChI=1S/C21H19N3OS2/c1-21(2,3)15-7-4-13(5-8-15)17-11-26-20(23-17)24-19(25)14-6-9-16-18(10-14)27-12-22-16/h4-12H,1-3H3,(H,23,24,25). The predicted octanol–water partition coefficient (Wildman–Crippen LogP) is 5.97. The van der Waals surface area contributed by atoms with E-state index in [2.05, 4.69) is 60.3 Å². The largest absolute Gasteiger partial charge is 0.298 e. The van der Waals surface area contributed by atoms with Crippen molar-refractivity contribution in [2.24, 2.45) is 0 Å². The fourth-order valence-corrected chi connectivity index (χ4v) is 4.20. The summed E-state index contributed by atoms with van der Waals surface area (Å²) in [7, 11) is 0. The van der Waals surface area contributed by atoms with E-state index in [-0.39, 0.29) is 11.3 Å². The summed E-state index contributed by atoms with van der Waals surface area (Å²) >= 11 is 2.95. The number of amides is 1. The van der Waals surface area contributed by atoms with Crippen molar-refractivity contribution in [2.45, 2.75) is 26.2 Å². The topological polar surface area (TPSA) is 54.9 Å². The zero-order valence-electron chi connectivity index (χ0n) is 15.3. The molecular formula is C21H19N3OS2. The zero-order valence-corrected chi connectivity index (χ0v) is 16.9. The highest BCUT2D eigenvalue weighted by Crippen LogP contribution is 2.29. The van der Waals surface area contributed by atoms with Gasteiger partial charge in [-0.05, 0) is 29.2 Å². The third-order valence-electron chi connectivity index (χ3n) is 4.36. The Kier molecular flexibility index (Phi) is 4.53. The average molecular weight is 394 g/mol. The van der Waals surface area contributed by atoms with Crippen LogP contribution in [0, 0.1) is 0 Å². The Morgan fingerprint density at radius 3 is 2.56 bits per heavy atom. The van der Waals surface area contributed by atoms with Gasteiger partial charge in [0.1, 0.15) is 0 Å². The molecule has 0 aliphatic carbocycles. The van der Waals surface area contributed by atoms with Crippen molar-refractivity contribution in [3.8, 4) is 11.3 Å². The molecule has 2 heterocycles. The molecule has 0 saturated carbocycles. The molecule has 0 aliphatic heterocycles. The van der Waals surface area contributed by atoms with Crippen molar-refractivity contribution in [3.63, 3.8) is 0 Å². The highest BCUT2D eigenvalue weighted by Gasteiger charge is 2.14. The van der Waals surface area contributed by atoms with Crippen LogP contribution in [0.3, 0.4) is 0 Å². The van der Waals surface area contributed by atoms with Gasteiger partial charge < -0.3 is 0 Å². The highest BCUT2D eigenvalue weighted by molar-refractivity contribution is 7.16. The van der Waals surface area contributed by atoms with Crippen molar-refractivity contribution in [1.29, 1.82) is 0 Å². The minimum atomic E-state index is -0.158. The van der Waals surface area contributed by atoms with Crippen LogP contribution in [0.5, 0.6) is 0 Å². The molecule has 0 radical (unpaired) electrons. The number of fused-ring (bicyclic) bond motifs is 1. The van der Waals surface area contributed by atoms with Crippen LogP contribution in [0.25, 0.3) is 21.5 Å². The quantitative estimate of drug-likeness (QED) is 0.466. The van der Waals surface area contributed by atoms with Gasteiger partial charge in [0.05, 0.1) is 21.4 Å². The lowest BCUT2D eigenvalue weighted by Gasteiger charge is -2.18. The van der Waals surface area contributed by atoms with Gasteiger partial charge in [0, 0.05) is 16.5 Å². The predicted molar refractivity (Wildman–Crippen MR) is 114 cm³/mol. The summed E-state index contributed by atoms with van der Waals surface area (Å²) < 4.78 is 1.00. The van der Waals surface area contributed by atoms with E-state index in [4.69, 9.17) is 0 Å². The molecule has 4 nitrogen and oxygen atoms in total. The van der Waals surface area contributed by atoms with E-state index in [1.165, 1.54) is 28.2 Å². The second-order valence-electron chi connectivity index (χ2n) is 7.35. The number of carbonyl (C=O) groups excluding carboxylic acids is 1. The van der Waals surface area contributed by atoms with Crippen LogP contribution >= 0.6 is 22.7 Å². The zero-order chi connectivity index (χ0) is 19.0. The number of carbonyl (C=O) groups is 1. The van der Waals surface area contributed by atoms with Crippen molar-refractivity contribution in [3.05, 3.63) is 64.5 Å². The number of benzene rings is 2. The molecule has 1 amide bonds. The summed E-state index contributed by atoms with van der Waals surface area (Å²) in [5, 5.41) is 5.46. The summed E-state index contributed by atoms with van der Waals surface area (Å²) in [4.78, 5) is 21.3. The van der Waals surface area contributed by atoms with Gasteiger partial charge in [-0.2, -0.15) is 0 Å². The summed E-state index contributed by atoms with van der Waals surface area (Å²) in [6.45, 7) is 6.59. The highest BCUT2D eigenvalue weighted by atomic mass is 32.1. The van der Waals surface area contributed by atoms with Crippen molar-refractivity contribution in [2.75, 3.05) is 5.32 Å². The first-order valence-corrected chi connectivity index (χ1v) is 10.4. The maximum atomic E-state index is 12.5. The van der Waals surface area contributed by atoms with Crippen LogP contribution in [0.4, 0.5) is 5.13 Å². The Morgan fingerprint density at radius 1 is 1.04 bits per heavy atom. The Bertz CT molecular complexity index is 1100. The Morgan fingerprint density at radius 2 is 1.81 bits per heavy atom. The monoisotopic (exact) mass is 393 g/mol. The number of nitrogens with zero attached hydrogens (tertiary/aromatic N) is 2. The number of aromatic nitrogens is 2. The second-order valence-corrected chi connectivity index (χ2v) is 9.10. The van der Waals surface area contributed by atoms with Gasteiger partial charge in [0.2, 0.25) is 0 Å². The molecule has 0 unspecified atom stereocenters. The molecule has 0 aliphatic rings. The Balaban J connectivity index is 1.51. The normalized spacial score (nSPS) is 11.7. The number of hydrogen-bond donors (Lipinski definition) is 1. The molecule has 4 rings (SSSR count). The molecule has 136 valence electrons. The van der Waals surface area contributed by atoms with Gasteiger partial charge >= 0.3 is 0 Å². The molecular weight excluding hydrogens is 374 g/mol. The molecule has 0 fully saturated rings. The van der Waals surface area contributed by atoms with E-state index in [0.717, 1.165) is 21.5 Å². The van der Waals surface area contributed by atoms with Crippen LogP contribution in [0.2, 0.25) is 0 Å². The first kappa shape index (κ1) is 17.8. The molecule has 0 spiro atoms. The Hall–Kier alpha value is -2.57. The van der Waals surface area contributed by atoms with E-state index in [1.54, 1.807) is 11.6 Å². The fourth-order valence-electron chi connectivity index (χ4n) is 2.77. The molecule has 2 aromatic heterocycles. The van der Waals surface area contributed by atoms with Crippen LogP contribution in [0.1, 0.15) is 36.7 Å². The number of thiazole rings is 2. The maximum absolute atomic E-state index is 12.5. The van der Waals surface area contributed by atoms with Gasteiger partial charge in [-0.3, -0.25) is 10.1 Å². The van der Waals surface area contributed by atoms with E-state index in [9.17, 15) is 4.79 Å². The van der Waals surface area contributed by atoms with Gasteiger partial charge in [0.25, 0.3) is 5.91 Å². The molecule has 1 N–H and O–H groups in total. The molecule has 0 atom stereocenters. The van der Waals surface area contributed by atoms with Gasteiger partial charge in [-0.1, -0.05) is 45.0 Å². The van der Waals surface area contributed by atoms with Crippen molar-refractivity contribution >= 4 is 43.9 Å². The van der Waals surface area contributed by atoms with E-state index in [1.807, 2.05) is 17.5 Å². The molecule has 4 aromatic rings. The summed E-state index contributed by atoms with van der Waals surface area (Å²) in [5.74, 6) is -0.158. The van der Waals surface area contributed by atoms with Gasteiger partial charge in [-0.25, -0.2) is 9.97 Å². The minimum Gasteiger partial charge on any atom is -0.298 e. The third kappa shape index (κ3) is 3.77. The van der Waals surface area contributed by atoms with Crippen LogP contribution < -0.4 is 5.32 Å². The summed E-state index contributed by atoms with van der Waals surface area (Å²) in [5.41, 5.74) is 6.63. The van der Waals surface area contributed by atoms with E-state index < -0.39 is 0 Å². The molecule has 6 heteroatoms. The Labute approximate surface area is 165 Å². The van der Waals surface area contributed by atoms with Gasteiger partial charge in [-0.15, -0.1) is 22.7 Å². The second kappa shape index (κ2) is 6.87. The average Bonchev–Trinajstić information content (AvgIpc) is 3.29. The smallest absolute Gasteiger partial charge is 0.257 e. The van der Waals surface area contributed by atoms with Gasteiger partial charge in [0.15, 0.2) is 5.13 Å². The molecule has 2 aromatic carbocycles.